The van der Waals surface area contributed by atoms with Crippen molar-refractivity contribution in [2.75, 3.05) is 0 Å². The molecule has 2 atom stereocenters. The van der Waals surface area contributed by atoms with E-state index in [1.165, 1.54) is 92.7 Å². The third-order valence-corrected chi connectivity index (χ3v) is 12.3. The molecule has 1 aliphatic rings. The number of fused-ring (bicyclic) bond motifs is 15. The minimum absolute atomic E-state index is 0.147. The molecule has 3 heteroatoms. The Morgan fingerprint density at radius 2 is 0.804 bits per heavy atom. The topological polar surface area (TPSA) is 21.9 Å². The molecule has 264 valence electrons. The Morgan fingerprint density at radius 1 is 0.375 bits per heavy atom. The van der Waals surface area contributed by atoms with Crippen LogP contribution in [0.5, 0.6) is 0 Å². The SMILES string of the molecule is C1=C(n2c3ccccc3c3c4c5ccccc5c5c(c6ccccc6n5-c5ccccc5)c4c4ccccc4c32)NC(c2ccccc2)CC1c1ccccc1. The van der Waals surface area contributed by atoms with Gasteiger partial charge in [0.1, 0.15) is 5.82 Å². The molecular formula is C53H37N3. The molecule has 0 fully saturated rings. The van der Waals surface area contributed by atoms with E-state index in [1.807, 2.05) is 0 Å². The average molecular weight is 716 g/mol. The van der Waals surface area contributed by atoms with Gasteiger partial charge in [-0.2, -0.15) is 0 Å². The van der Waals surface area contributed by atoms with Crippen LogP contribution in [-0.2, 0) is 0 Å². The highest BCUT2D eigenvalue weighted by Crippen LogP contribution is 2.51. The van der Waals surface area contributed by atoms with Gasteiger partial charge >= 0.3 is 0 Å². The third-order valence-electron chi connectivity index (χ3n) is 12.3. The van der Waals surface area contributed by atoms with Crippen molar-refractivity contribution in [2.24, 2.45) is 0 Å². The highest BCUT2D eigenvalue weighted by molar-refractivity contribution is 6.45. The van der Waals surface area contributed by atoms with Crippen LogP contribution in [0.15, 0.2) is 194 Å². The summed E-state index contributed by atoms with van der Waals surface area (Å²) in [5.74, 6) is 1.37. The fourth-order valence-electron chi connectivity index (χ4n) is 9.97. The van der Waals surface area contributed by atoms with Crippen molar-refractivity contribution in [3.05, 3.63) is 205 Å². The minimum atomic E-state index is 0.147. The molecule has 56 heavy (non-hydrogen) atoms. The van der Waals surface area contributed by atoms with Gasteiger partial charge in [0.2, 0.25) is 0 Å². The maximum Gasteiger partial charge on any atom is 0.107 e. The number of benzene rings is 9. The summed E-state index contributed by atoms with van der Waals surface area (Å²) in [6, 6.07) is 69.2. The van der Waals surface area contributed by atoms with E-state index >= 15 is 0 Å². The molecule has 2 aromatic heterocycles. The van der Waals surface area contributed by atoms with Crippen molar-refractivity contribution in [2.45, 2.75) is 18.4 Å². The zero-order chi connectivity index (χ0) is 36.7. The Labute approximate surface area is 324 Å². The zero-order valence-electron chi connectivity index (χ0n) is 30.7. The number of allylic oxidation sites excluding steroid dienone is 1. The van der Waals surface area contributed by atoms with E-state index in [4.69, 9.17) is 0 Å². The van der Waals surface area contributed by atoms with E-state index in [9.17, 15) is 0 Å². The zero-order valence-corrected chi connectivity index (χ0v) is 30.7. The molecule has 0 aliphatic carbocycles. The standard InChI is InChI=1S/C53H37N3/c1-4-18-34(19-5-1)36-32-44(35-20-6-2-7-21-35)54-47(33-36)56-46-31-17-15-29-43(46)51-49-38-24-10-12-26-40(38)52-50(48(49)39-25-11-13-27-41(39)53(51)56)42-28-14-16-30-45(42)55(52)37-22-8-3-9-23-37/h1-31,33,36,44,54H,32H2. The van der Waals surface area contributed by atoms with E-state index in [-0.39, 0.29) is 12.0 Å². The van der Waals surface area contributed by atoms with Gasteiger partial charge in [-0.1, -0.05) is 164 Å². The fourth-order valence-corrected chi connectivity index (χ4v) is 9.97. The molecule has 9 aromatic carbocycles. The first-order chi connectivity index (χ1) is 27.8. The van der Waals surface area contributed by atoms with Crippen molar-refractivity contribution >= 4 is 81.8 Å². The average Bonchev–Trinajstić information content (AvgIpc) is 3.81. The second-order valence-electron chi connectivity index (χ2n) is 15.2. The molecule has 2 unspecified atom stereocenters. The number of nitrogens with one attached hydrogen (secondary N) is 1. The summed E-state index contributed by atoms with van der Waals surface area (Å²) >= 11 is 0. The summed E-state index contributed by atoms with van der Waals surface area (Å²) in [7, 11) is 0. The van der Waals surface area contributed by atoms with Crippen LogP contribution in [0.4, 0.5) is 0 Å². The molecule has 1 N–H and O–H groups in total. The summed E-state index contributed by atoms with van der Waals surface area (Å²) in [5.41, 5.74) is 8.72. The lowest BCUT2D eigenvalue weighted by atomic mass is 9.86. The number of hydrogen-bond acceptors (Lipinski definition) is 1. The van der Waals surface area contributed by atoms with Crippen LogP contribution in [0.3, 0.4) is 0 Å². The summed E-state index contributed by atoms with van der Waals surface area (Å²) in [5, 5.41) is 16.9. The monoisotopic (exact) mass is 715 g/mol. The lowest BCUT2D eigenvalue weighted by molar-refractivity contribution is 0.515. The first kappa shape index (κ1) is 31.3. The van der Waals surface area contributed by atoms with E-state index in [1.54, 1.807) is 0 Å². The van der Waals surface area contributed by atoms with Crippen molar-refractivity contribution in [1.82, 2.24) is 14.5 Å². The van der Waals surface area contributed by atoms with Gasteiger partial charge in [-0.15, -0.1) is 0 Å². The number of para-hydroxylation sites is 3. The van der Waals surface area contributed by atoms with E-state index in [0.717, 1.165) is 12.2 Å². The Kier molecular flexibility index (Phi) is 6.82. The Morgan fingerprint density at radius 3 is 1.38 bits per heavy atom. The van der Waals surface area contributed by atoms with Gasteiger partial charge in [0, 0.05) is 54.7 Å². The van der Waals surface area contributed by atoms with Crippen molar-refractivity contribution in [3.8, 4) is 5.69 Å². The second-order valence-corrected chi connectivity index (χ2v) is 15.2. The van der Waals surface area contributed by atoms with Crippen molar-refractivity contribution in [3.63, 3.8) is 0 Å². The smallest absolute Gasteiger partial charge is 0.107 e. The molecule has 0 bridgehead atoms. The van der Waals surface area contributed by atoms with Crippen LogP contribution < -0.4 is 5.32 Å². The van der Waals surface area contributed by atoms with Crippen LogP contribution in [0, 0.1) is 0 Å². The van der Waals surface area contributed by atoms with Crippen LogP contribution >= 0.6 is 0 Å². The largest absolute Gasteiger partial charge is 0.365 e. The number of nitrogens with zero attached hydrogens (tertiary/aromatic N) is 2. The number of aromatic nitrogens is 2. The number of rotatable bonds is 4. The Hall–Kier alpha value is -7.10. The lowest BCUT2D eigenvalue weighted by Crippen LogP contribution is -2.29. The van der Waals surface area contributed by atoms with Gasteiger partial charge in [0.25, 0.3) is 0 Å². The van der Waals surface area contributed by atoms with E-state index < -0.39 is 0 Å². The highest BCUT2D eigenvalue weighted by atomic mass is 15.2. The van der Waals surface area contributed by atoms with Crippen LogP contribution in [-0.4, -0.2) is 9.13 Å². The predicted octanol–water partition coefficient (Wildman–Crippen LogP) is 13.7. The molecule has 0 saturated heterocycles. The fraction of sp³-hybridized carbons (Fsp3) is 0.0566. The van der Waals surface area contributed by atoms with Crippen molar-refractivity contribution in [1.29, 1.82) is 0 Å². The van der Waals surface area contributed by atoms with Gasteiger partial charge in [-0.25, -0.2) is 0 Å². The third kappa shape index (κ3) is 4.46. The molecule has 0 radical (unpaired) electrons. The first-order valence-corrected chi connectivity index (χ1v) is 19.7. The molecular weight excluding hydrogens is 679 g/mol. The molecule has 0 saturated carbocycles. The normalized spacial score (nSPS) is 16.0. The van der Waals surface area contributed by atoms with Crippen molar-refractivity contribution < 1.29 is 0 Å². The summed E-state index contributed by atoms with van der Waals surface area (Å²) < 4.78 is 5.03. The minimum Gasteiger partial charge on any atom is -0.365 e. The maximum atomic E-state index is 4.10. The molecule has 0 amide bonds. The molecule has 3 nitrogen and oxygen atoms in total. The quantitative estimate of drug-likeness (QED) is 0.180. The highest BCUT2D eigenvalue weighted by Gasteiger charge is 2.29. The lowest BCUT2D eigenvalue weighted by Gasteiger charge is -2.32. The predicted molar refractivity (Wildman–Crippen MR) is 237 cm³/mol. The molecule has 0 spiro atoms. The van der Waals surface area contributed by atoms with E-state index in [0.29, 0.717) is 0 Å². The maximum absolute atomic E-state index is 4.10. The van der Waals surface area contributed by atoms with E-state index in [2.05, 4.69) is 209 Å². The summed E-state index contributed by atoms with van der Waals surface area (Å²) in [4.78, 5) is 0. The number of hydrogen-bond donors (Lipinski definition) is 1. The molecule has 12 rings (SSSR count). The van der Waals surface area contributed by atoms with Gasteiger partial charge in [-0.3, -0.25) is 4.57 Å². The van der Waals surface area contributed by atoms with Gasteiger partial charge in [-0.05, 0) is 58.7 Å². The van der Waals surface area contributed by atoms with Crippen LogP contribution in [0.2, 0.25) is 0 Å². The van der Waals surface area contributed by atoms with Gasteiger partial charge < -0.3 is 9.88 Å². The summed E-state index contributed by atoms with van der Waals surface area (Å²) in [6.07, 6.45) is 3.46. The first-order valence-electron chi connectivity index (χ1n) is 19.7. The van der Waals surface area contributed by atoms with Gasteiger partial charge in [0.05, 0.1) is 28.1 Å². The van der Waals surface area contributed by atoms with Crippen LogP contribution in [0.1, 0.15) is 29.5 Å². The molecule has 11 aromatic rings. The second kappa shape index (κ2) is 12.2. The van der Waals surface area contributed by atoms with Crippen LogP contribution in [0.25, 0.3) is 87.4 Å². The molecule has 1 aliphatic heterocycles. The van der Waals surface area contributed by atoms with Gasteiger partial charge in [0.15, 0.2) is 0 Å². The Balaban J connectivity index is 1.28. The summed E-state index contributed by atoms with van der Waals surface area (Å²) in [6.45, 7) is 0. The Bertz CT molecular complexity index is 3350. The molecule has 3 heterocycles.